The van der Waals surface area contributed by atoms with Crippen molar-refractivity contribution in [3.63, 3.8) is 0 Å². The van der Waals surface area contributed by atoms with E-state index in [1.807, 2.05) is 54.7 Å². The minimum absolute atomic E-state index is 0.0572. The van der Waals surface area contributed by atoms with Crippen LogP contribution in [0.4, 0.5) is 0 Å². The van der Waals surface area contributed by atoms with Crippen LogP contribution in [0, 0.1) is 0 Å². The Morgan fingerprint density at radius 2 is 2.09 bits per heavy atom. The number of methoxy groups -OCH3 is 1. The van der Waals surface area contributed by atoms with Gasteiger partial charge in [0.1, 0.15) is 11.6 Å². The number of ether oxygens (including phenoxy) is 2. The van der Waals surface area contributed by atoms with Gasteiger partial charge in [0.25, 0.3) is 5.91 Å². The zero-order valence-corrected chi connectivity index (χ0v) is 19.2. The summed E-state index contributed by atoms with van der Waals surface area (Å²) < 4.78 is 13.2. The first-order chi connectivity index (χ1) is 15.7. The number of carbonyl (C=O) groups is 1. The molecular weight excluding hydrogens is 424 g/mol. The summed E-state index contributed by atoms with van der Waals surface area (Å²) in [6, 6.07) is 15.6. The van der Waals surface area contributed by atoms with Gasteiger partial charge in [0.2, 0.25) is 0 Å². The smallest absolute Gasteiger partial charge is 0.258 e. The molecule has 0 radical (unpaired) electrons. The van der Waals surface area contributed by atoms with Crippen molar-refractivity contribution in [3.8, 4) is 5.75 Å². The Hall–Kier alpha value is -2.97. The minimum Gasteiger partial charge on any atom is -0.483 e. The maximum Gasteiger partial charge on any atom is 0.258 e. The van der Waals surface area contributed by atoms with Crippen LogP contribution in [0.25, 0.3) is 21.9 Å². The van der Waals surface area contributed by atoms with E-state index in [4.69, 9.17) is 9.47 Å². The van der Waals surface area contributed by atoms with Gasteiger partial charge in [-0.25, -0.2) is 4.98 Å². The van der Waals surface area contributed by atoms with Crippen molar-refractivity contribution in [2.45, 2.75) is 19.0 Å². The minimum atomic E-state index is -0.197. The van der Waals surface area contributed by atoms with Gasteiger partial charge in [-0.2, -0.15) is 11.8 Å². The van der Waals surface area contributed by atoms with Crippen LogP contribution in [-0.2, 0) is 16.1 Å². The van der Waals surface area contributed by atoms with Crippen LogP contribution in [0.15, 0.2) is 54.7 Å². The first-order valence-electron chi connectivity index (χ1n) is 10.6. The Morgan fingerprint density at radius 1 is 1.22 bits per heavy atom. The molecule has 1 amide bonds. The van der Waals surface area contributed by atoms with E-state index in [-0.39, 0.29) is 18.6 Å². The summed E-state index contributed by atoms with van der Waals surface area (Å²) in [5.74, 6) is 2.20. The molecule has 2 heterocycles. The highest BCUT2D eigenvalue weighted by Gasteiger charge is 2.19. The van der Waals surface area contributed by atoms with Crippen LogP contribution in [0.1, 0.15) is 18.3 Å². The summed E-state index contributed by atoms with van der Waals surface area (Å²) in [6.07, 6.45) is 4.85. The van der Waals surface area contributed by atoms with Crippen LogP contribution in [0.2, 0.25) is 0 Å². The number of rotatable bonds is 11. The van der Waals surface area contributed by atoms with E-state index in [2.05, 4.69) is 26.1 Å². The maximum absolute atomic E-state index is 12.8. The summed E-state index contributed by atoms with van der Waals surface area (Å²) >= 11 is 1.74. The highest BCUT2D eigenvalue weighted by molar-refractivity contribution is 7.98. The van der Waals surface area contributed by atoms with Crippen molar-refractivity contribution in [1.29, 1.82) is 0 Å². The summed E-state index contributed by atoms with van der Waals surface area (Å²) in [6.45, 7) is 1.34. The average Bonchev–Trinajstić information content (AvgIpc) is 3.43. The number of benzene rings is 2. The van der Waals surface area contributed by atoms with Crippen LogP contribution in [-0.4, -0.2) is 52.8 Å². The highest BCUT2D eigenvalue weighted by atomic mass is 32.2. The lowest BCUT2D eigenvalue weighted by atomic mass is 10.2. The summed E-state index contributed by atoms with van der Waals surface area (Å²) in [7, 11) is 1.69. The molecule has 2 aromatic carbocycles. The molecule has 0 spiro atoms. The van der Waals surface area contributed by atoms with E-state index in [1.54, 1.807) is 18.9 Å². The molecule has 1 unspecified atom stereocenters. The predicted octanol–water partition coefficient (Wildman–Crippen LogP) is 4.15. The molecule has 0 aliphatic carbocycles. The summed E-state index contributed by atoms with van der Waals surface area (Å²) in [5.41, 5.74) is 2.92. The fraction of sp³-hybridized carbons (Fsp3) is 0.333. The number of amides is 1. The van der Waals surface area contributed by atoms with E-state index in [0.29, 0.717) is 12.4 Å². The van der Waals surface area contributed by atoms with E-state index in [9.17, 15) is 4.79 Å². The largest absolute Gasteiger partial charge is 0.483 e. The van der Waals surface area contributed by atoms with Crippen LogP contribution >= 0.6 is 11.8 Å². The molecular formula is C24H28N4O3S. The van der Waals surface area contributed by atoms with Gasteiger partial charge in [0, 0.05) is 25.2 Å². The Bertz CT molecular complexity index is 1150. The zero-order valence-electron chi connectivity index (χ0n) is 18.3. The predicted molar refractivity (Wildman–Crippen MR) is 129 cm³/mol. The molecule has 1 atom stereocenters. The number of aromatic amines is 1. The van der Waals surface area contributed by atoms with Gasteiger partial charge in [-0.05, 0) is 48.8 Å². The maximum atomic E-state index is 12.8. The zero-order chi connectivity index (χ0) is 22.3. The van der Waals surface area contributed by atoms with Gasteiger partial charge in [0.05, 0.1) is 29.2 Å². The number of nitrogens with zero attached hydrogens (tertiary/aromatic N) is 2. The fourth-order valence-corrected chi connectivity index (χ4v) is 4.21. The van der Waals surface area contributed by atoms with Gasteiger partial charge >= 0.3 is 0 Å². The standard InChI is InChI=1S/C24H28N4O3S/c1-30-14-13-28-12-10-17-21(28)8-5-9-22(17)31-16-23(29)25-20(11-15-32-2)24-26-18-6-3-4-7-19(18)27-24/h3-10,12,20H,11,13-16H2,1-2H3,(H,25,29)(H,26,27). The van der Waals surface area contributed by atoms with Gasteiger partial charge in [-0.3, -0.25) is 4.79 Å². The normalized spacial score (nSPS) is 12.3. The second-order valence-electron chi connectivity index (χ2n) is 7.52. The molecule has 0 saturated heterocycles. The molecule has 0 saturated carbocycles. The Labute approximate surface area is 191 Å². The Kier molecular flexibility index (Phi) is 7.34. The fourth-order valence-electron chi connectivity index (χ4n) is 3.74. The number of hydrogen-bond donors (Lipinski definition) is 2. The van der Waals surface area contributed by atoms with Crippen molar-refractivity contribution in [3.05, 3.63) is 60.6 Å². The van der Waals surface area contributed by atoms with Gasteiger partial charge in [-0.1, -0.05) is 18.2 Å². The summed E-state index contributed by atoms with van der Waals surface area (Å²) in [5, 5.41) is 4.07. The number of aromatic nitrogens is 3. The number of para-hydroxylation sites is 2. The number of imidazole rings is 1. The first-order valence-corrected chi connectivity index (χ1v) is 12.0. The van der Waals surface area contributed by atoms with Crippen molar-refractivity contribution in [2.24, 2.45) is 0 Å². The van der Waals surface area contributed by atoms with Crippen molar-refractivity contribution < 1.29 is 14.3 Å². The number of carbonyl (C=O) groups excluding carboxylic acids is 1. The van der Waals surface area contributed by atoms with Crippen LogP contribution in [0.3, 0.4) is 0 Å². The molecule has 32 heavy (non-hydrogen) atoms. The number of thioether (sulfide) groups is 1. The molecule has 0 fully saturated rings. The van der Waals surface area contributed by atoms with Gasteiger partial charge in [0.15, 0.2) is 6.61 Å². The third-order valence-electron chi connectivity index (χ3n) is 5.35. The first kappa shape index (κ1) is 22.2. The molecule has 0 bridgehead atoms. The van der Waals surface area contributed by atoms with Crippen LogP contribution in [0.5, 0.6) is 5.75 Å². The third kappa shape index (κ3) is 5.08. The van der Waals surface area contributed by atoms with Crippen LogP contribution < -0.4 is 10.1 Å². The van der Waals surface area contributed by atoms with Crippen molar-refractivity contribution in [1.82, 2.24) is 19.9 Å². The molecule has 4 rings (SSSR count). The van der Waals surface area contributed by atoms with E-state index >= 15 is 0 Å². The molecule has 0 aliphatic rings. The quantitative estimate of drug-likeness (QED) is 0.357. The van der Waals surface area contributed by atoms with Crippen molar-refractivity contribution in [2.75, 3.05) is 32.3 Å². The van der Waals surface area contributed by atoms with E-state index in [0.717, 1.165) is 46.5 Å². The number of nitrogens with one attached hydrogen (secondary N) is 2. The topological polar surface area (TPSA) is 81.2 Å². The second kappa shape index (κ2) is 10.6. The SMILES string of the molecule is COCCn1ccc2c(OCC(=O)NC(CCSC)c3nc4ccccc4[nH]3)cccc21. The van der Waals surface area contributed by atoms with Gasteiger partial charge < -0.3 is 24.3 Å². The molecule has 0 aliphatic heterocycles. The lowest BCUT2D eigenvalue weighted by molar-refractivity contribution is -0.123. The lowest BCUT2D eigenvalue weighted by Gasteiger charge is -2.17. The van der Waals surface area contributed by atoms with E-state index < -0.39 is 0 Å². The molecule has 2 aromatic heterocycles. The molecule has 4 aromatic rings. The second-order valence-corrected chi connectivity index (χ2v) is 8.51. The highest BCUT2D eigenvalue weighted by Crippen LogP contribution is 2.27. The monoisotopic (exact) mass is 452 g/mol. The number of fused-ring (bicyclic) bond motifs is 2. The third-order valence-corrected chi connectivity index (χ3v) is 6.00. The van der Waals surface area contributed by atoms with Crippen molar-refractivity contribution >= 4 is 39.6 Å². The summed E-state index contributed by atoms with van der Waals surface area (Å²) in [4.78, 5) is 20.8. The Morgan fingerprint density at radius 3 is 2.91 bits per heavy atom. The molecule has 168 valence electrons. The molecule has 7 nitrogen and oxygen atoms in total. The number of hydrogen-bond acceptors (Lipinski definition) is 5. The number of H-pyrrole nitrogens is 1. The Balaban J connectivity index is 1.44. The lowest BCUT2D eigenvalue weighted by Crippen LogP contribution is -2.33. The van der Waals surface area contributed by atoms with E-state index in [1.165, 1.54) is 0 Å². The van der Waals surface area contributed by atoms with Gasteiger partial charge in [-0.15, -0.1) is 0 Å². The molecule has 8 heteroatoms. The average molecular weight is 453 g/mol. The molecule has 2 N–H and O–H groups in total.